The van der Waals surface area contributed by atoms with Crippen molar-refractivity contribution in [1.82, 2.24) is 4.90 Å². The third-order valence-electron chi connectivity index (χ3n) is 9.16. The van der Waals surface area contributed by atoms with Gasteiger partial charge in [0.25, 0.3) is 0 Å². The van der Waals surface area contributed by atoms with Crippen LogP contribution >= 0.6 is 7.60 Å². The quantitative estimate of drug-likeness (QED) is 0.0516. The predicted molar refractivity (Wildman–Crippen MR) is 193 cm³/mol. The SMILES string of the molecule is CCCCCCCCC(CCCCCC)COP(=O)(CCCCN(C)C)OCC(CCCCCC)CCCCCCCC. The molecule has 43 heavy (non-hydrogen) atoms. The van der Waals surface area contributed by atoms with Crippen molar-refractivity contribution >= 4 is 7.60 Å². The molecule has 0 bridgehead atoms. The van der Waals surface area contributed by atoms with Gasteiger partial charge < -0.3 is 13.9 Å². The van der Waals surface area contributed by atoms with Crippen molar-refractivity contribution in [3.63, 3.8) is 0 Å². The van der Waals surface area contributed by atoms with Crippen LogP contribution in [0.15, 0.2) is 0 Å². The van der Waals surface area contributed by atoms with E-state index in [0.29, 0.717) is 31.2 Å². The maximum absolute atomic E-state index is 14.3. The molecule has 4 nitrogen and oxygen atoms in total. The fourth-order valence-electron chi connectivity index (χ4n) is 6.11. The third-order valence-corrected chi connectivity index (χ3v) is 11.1. The highest BCUT2D eigenvalue weighted by molar-refractivity contribution is 7.53. The number of rotatable bonds is 35. The Morgan fingerprint density at radius 2 is 0.791 bits per heavy atom. The molecule has 5 heteroatoms. The molecular weight excluding hydrogens is 549 g/mol. The molecule has 2 atom stereocenters. The highest BCUT2D eigenvalue weighted by Gasteiger charge is 2.27. The van der Waals surface area contributed by atoms with Gasteiger partial charge in [0.05, 0.1) is 19.4 Å². The van der Waals surface area contributed by atoms with Crippen molar-refractivity contribution in [2.24, 2.45) is 11.8 Å². The van der Waals surface area contributed by atoms with Gasteiger partial charge in [-0.1, -0.05) is 156 Å². The summed E-state index contributed by atoms with van der Waals surface area (Å²) in [6.45, 7) is 11.4. The summed E-state index contributed by atoms with van der Waals surface area (Å²) in [6, 6.07) is 0. The van der Waals surface area contributed by atoms with E-state index >= 15 is 0 Å². The lowest BCUT2D eigenvalue weighted by molar-refractivity contribution is 0.146. The van der Waals surface area contributed by atoms with Crippen LogP contribution in [0, 0.1) is 11.8 Å². The number of unbranched alkanes of at least 4 members (excludes halogenated alkanes) is 17. The summed E-state index contributed by atoms with van der Waals surface area (Å²) >= 11 is 0. The van der Waals surface area contributed by atoms with E-state index in [1.54, 1.807) is 0 Å². The van der Waals surface area contributed by atoms with Crippen LogP contribution in [0.2, 0.25) is 0 Å². The Bertz CT molecular complexity index is 560. The Labute approximate surface area is 272 Å². The predicted octanol–water partition coefficient (Wildman–Crippen LogP) is 13.2. The summed E-state index contributed by atoms with van der Waals surface area (Å²) in [4.78, 5) is 2.21. The number of nitrogens with zero attached hydrogens (tertiary/aromatic N) is 1. The van der Waals surface area contributed by atoms with Crippen molar-refractivity contribution < 1.29 is 13.6 Å². The van der Waals surface area contributed by atoms with E-state index in [0.717, 1.165) is 19.4 Å². The molecule has 0 aromatic heterocycles. The Morgan fingerprint density at radius 3 is 1.14 bits per heavy atom. The van der Waals surface area contributed by atoms with Crippen LogP contribution in [0.3, 0.4) is 0 Å². The van der Waals surface area contributed by atoms with Crippen molar-refractivity contribution in [2.45, 2.75) is 195 Å². The average Bonchev–Trinajstić information content (AvgIpc) is 2.99. The first-order valence-corrected chi connectivity index (χ1v) is 21.2. The molecule has 0 saturated carbocycles. The first-order valence-electron chi connectivity index (χ1n) is 19.4. The van der Waals surface area contributed by atoms with Gasteiger partial charge in [-0.2, -0.15) is 0 Å². The molecule has 0 saturated heterocycles. The zero-order chi connectivity index (χ0) is 31.9. The van der Waals surface area contributed by atoms with Crippen molar-refractivity contribution in [2.75, 3.05) is 40.0 Å². The van der Waals surface area contributed by atoms with E-state index < -0.39 is 7.60 Å². The third kappa shape index (κ3) is 29.3. The number of hydrogen-bond donors (Lipinski definition) is 0. The van der Waals surface area contributed by atoms with Gasteiger partial charge in [-0.15, -0.1) is 0 Å². The first-order chi connectivity index (χ1) is 20.9. The molecule has 260 valence electrons. The molecule has 0 aromatic rings. The second kappa shape index (κ2) is 32.1. The summed E-state index contributed by atoms with van der Waals surface area (Å²) in [5.74, 6) is 1.02. The largest absolute Gasteiger partial charge is 0.330 e. The fourth-order valence-corrected chi connectivity index (χ4v) is 7.93. The van der Waals surface area contributed by atoms with Crippen LogP contribution < -0.4 is 0 Å². The van der Waals surface area contributed by atoms with Crippen LogP contribution in [-0.4, -0.2) is 44.9 Å². The highest BCUT2D eigenvalue weighted by atomic mass is 31.2. The summed E-state index contributed by atoms with van der Waals surface area (Å²) in [5, 5.41) is 0. The molecule has 0 spiro atoms. The zero-order valence-corrected chi connectivity index (χ0v) is 31.4. The number of hydrogen-bond acceptors (Lipinski definition) is 4. The van der Waals surface area contributed by atoms with E-state index in [4.69, 9.17) is 9.05 Å². The molecule has 0 heterocycles. The second-order valence-corrected chi connectivity index (χ2v) is 16.2. The summed E-state index contributed by atoms with van der Waals surface area (Å²) in [7, 11) is 1.13. The second-order valence-electron chi connectivity index (χ2n) is 14.0. The van der Waals surface area contributed by atoms with Crippen LogP contribution in [0.1, 0.15) is 195 Å². The van der Waals surface area contributed by atoms with E-state index in [-0.39, 0.29) is 0 Å². The Balaban J connectivity index is 5.21. The maximum Gasteiger partial charge on any atom is 0.330 e. The normalized spacial score (nSPS) is 14.8. The van der Waals surface area contributed by atoms with Gasteiger partial charge >= 0.3 is 7.60 Å². The van der Waals surface area contributed by atoms with Gasteiger partial charge in [0.15, 0.2) is 0 Å². The molecule has 0 aliphatic carbocycles. The maximum atomic E-state index is 14.3. The Hall–Kier alpha value is 0.110. The van der Waals surface area contributed by atoms with E-state index in [9.17, 15) is 4.57 Å². The highest BCUT2D eigenvalue weighted by Crippen LogP contribution is 2.50. The van der Waals surface area contributed by atoms with Gasteiger partial charge in [-0.05, 0) is 71.0 Å². The average molecular weight is 630 g/mol. The molecular formula is C38H80NO3P. The Kier molecular flexibility index (Phi) is 32.1. The van der Waals surface area contributed by atoms with Crippen molar-refractivity contribution in [1.29, 1.82) is 0 Å². The van der Waals surface area contributed by atoms with Crippen LogP contribution in [0.25, 0.3) is 0 Å². The minimum Gasteiger partial charge on any atom is -0.309 e. The van der Waals surface area contributed by atoms with E-state index in [1.807, 2.05) is 0 Å². The zero-order valence-electron chi connectivity index (χ0n) is 30.5. The summed E-state index contributed by atoms with van der Waals surface area (Å²) < 4.78 is 27.1. The minimum absolute atomic E-state index is 0.509. The fraction of sp³-hybridized carbons (Fsp3) is 1.00. The Morgan fingerprint density at radius 1 is 0.465 bits per heavy atom. The van der Waals surface area contributed by atoms with Gasteiger partial charge in [0, 0.05) is 0 Å². The smallest absolute Gasteiger partial charge is 0.309 e. The molecule has 0 fully saturated rings. The molecule has 0 aliphatic rings. The molecule has 0 radical (unpaired) electrons. The van der Waals surface area contributed by atoms with Crippen LogP contribution in [0.4, 0.5) is 0 Å². The van der Waals surface area contributed by atoms with Gasteiger partial charge in [0.2, 0.25) is 0 Å². The molecule has 0 aliphatic heterocycles. The summed E-state index contributed by atoms with van der Waals surface area (Å²) in [5.41, 5.74) is 0. The van der Waals surface area contributed by atoms with Gasteiger partial charge in [-0.25, -0.2) is 0 Å². The molecule has 0 N–H and O–H groups in total. The standard InChI is InChI=1S/C38H80NO3P/c1-7-11-15-19-21-25-31-37(29-23-17-13-9-3)35-41-43(40,34-28-27-33-39(5)6)42-36-38(30-24-18-14-10-4)32-26-22-20-16-12-8-2/h37-38H,7-36H2,1-6H3. The van der Waals surface area contributed by atoms with E-state index in [1.165, 1.54) is 154 Å². The summed E-state index contributed by atoms with van der Waals surface area (Å²) in [6.07, 6.45) is 33.6. The van der Waals surface area contributed by atoms with Gasteiger partial charge in [-0.3, -0.25) is 4.57 Å². The molecule has 0 aromatic carbocycles. The lowest BCUT2D eigenvalue weighted by Crippen LogP contribution is -2.16. The molecule has 0 amide bonds. The van der Waals surface area contributed by atoms with Crippen molar-refractivity contribution in [3.05, 3.63) is 0 Å². The lowest BCUT2D eigenvalue weighted by Gasteiger charge is -2.25. The van der Waals surface area contributed by atoms with Crippen molar-refractivity contribution in [3.8, 4) is 0 Å². The minimum atomic E-state index is -3.10. The first kappa shape index (κ1) is 43.1. The van der Waals surface area contributed by atoms with Gasteiger partial charge in [0.1, 0.15) is 0 Å². The molecule has 0 rings (SSSR count). The van der Waals surface area contributed by atoms with E-state index in [2.05, 4.69) is 46.7 Å². The monoisotopic (exact) mass is 630 g/mol. The lowest BCUT2D eigenvalue weighted by atomic mass is 9.95. The van der Waals surface area contributed by atoms with Crippen LogP contribution in [-0.2, 0) is 13.6 Å². The topological polar surface area (TPSA) is 38.8 Å². The van der Waals surface area contributed by atoms with Crippen LogP contribution in [0.5, 0.6) is 0 Å². The molecule has 2 unspecified atom stereocenters.